The minimum Gasteiger partial charge on any atom is -0.508 e. The highest BCUT2D eigenvalue weighted by Gasteiger charge is 2.56. The van der Waals surface area contributed by atoms with Gasteiger partial charge in [0.25, 0.3) is 5.69 Å². The van der Waals surface area contributed by atoms with E-state index in [2.05, 4.69) is 5.32 Å². The summed E-state index contributed by atoms with van der Waals surface area (Å²) in [6, 6.07) is 16.3. The Morgan fingerprint density at radius 3 is 2.29 bits per heavy atom. The van der Waals surface area contributed by atoms with Crippen molar-refractivity contribution in [2.75, 3.05) is 10.2 Å². The molecule has 1 saturated heterocycles. The Labute approximate surface area is 244 Å². The van der Waals surface area contributed by atoms with Gasteiger partial charge in [-0.05, 0) is 54.1 Å². The molecule has 3 aromatic carbocycles. The van der Waals surface area contributed by atoms with Crippen LogP contribution in [0.3, 0.4) is 0 Å². The van der Waals surface area contributed by atoms with Crippen molar-refractivity contribution in [3.63, 3.8) is 0 Å². The number of carbonyl (C=O) groups excluding carboxylic acids is 3. The number of aromatic hydroxyl groups is 1. The van der Waals surface area contributed by atoms with Gasteiger partial charge in [0, 0.05) is 28.6 Å². The summed E-state index contributed by atoms with van der Waals surface area (Å²) in [6.45, 7) is -0.386. The number of carbonyl (C=O) groups is 3. The molecule has 4 aromatic rings. The van der Waals surface area contributed by atoms with Crippen molar-refractivity contribution in [3.8, 4) is 5.75 Å². The first-order valence-electron chi connectivity index (χ1n) is 12.5. The minimum absolute atomic E-state index is 0.00902. The molecular formula is C28H19FN4O7S2. The molecule has 11 nitrogen and oxygen atoms in total. The van der Waals surface area contributed by atoms with E-state index in [9.17, 15) is 38.8 Å². The van der Waals surface area contributed by atoms with E-state index in [1.165, 1.54) is 65.2 Å². The van der Waals surface area contributed by atoms with E-state index in [0.717, 1.165) is 28.0 Å². The fourth-order valence-electron chi connectivity index (χ4n) is 5.15. The van der Waals surface area contributed by atoms with Gasteiger partial charge in [-0.15, -0.1) is 0 Å². The molecule has 6 rings (SSSR count). The number of phenolic OH excluding ortho intramolecular Hbond substituents is 1. The highest BCUT2D eigenvalue weighted by molar-refractivity contribution is 8.00. The van der Waals surface area contributed by atoms with Crippen molar-refractivity contribution in [3.05, 3.63) is 109 Å². The lowest BCUT2D eigenvalue weighted by Gasteiger charge is -2.30. The molecule has 0 aliphatic carbocycles. The van der Waals surface area contributed by atoms with Crippen LogP contribution < -0.4 is 15.1 Å². The lowest BCUT2D eigenvalue weighted by Crippen LogP contribution is -2.33. The number of nitrogens with zero attached hydrogens (tertiary/aromatic N) is 3. The van der Waals surface area contributed by atoms with Crippen molar-refractivity contribution in [2.24, 2.45) is 5.92 Å². The zero-order valence-corrected chi connectivity index (χ0v) is 22.9. The monoisotopic (exact) mass is 606 g/mol. The third kappa shape index (κ3) is 4.73. The molecule has 0 saturated carbocycles. The molecule has 212 valence electrons. The maximum atomic E-state index is 13.9. The Balaban J connectivity index is 1.39. The fourth-order valence-corrected chi connectivity index (χ4v) is 7.92. The Bertz CT molecular complexity index is 1800. The second-order valence-electron chi connectivity index (χ2n) is 9.60. The summed E-state index contributed by atoms with van der Waals surface area (Å²) in [5, 5.41) is 23.0. The van der Waals surface area contributed by atoms with Crippen LogP contribution in [0, 0.1) is 21.8 Å². The Morgan fingerprint density at radius 1 is 0.976 bits per heavy atom. The summed E-state index contributed by atoms with van der Waals surface area (Å²) in [5.41, 5.74) is 0.898. The molecule has 1 fully saturated rings. The van der Waals surface area contributed by atoms with Crippen LogP contribution in [0.1, 0.15) is 16.4 Å². The lowest BCUT2D eigenvalue weighted by atomic mass is 9.83. The summed E-state index contributed by atoms with van der Waals surface area (Å²) in [4.78, 5) is 65.2. The first-order valence-corrected chi connectivity index (χ1v) is 14.2. The Morgan fingerprint density at radius 2 is 1.64 bits per heavy atom. The number of nitro benzene ring substituents is 1. The van der Waals surface area contributed by atoms with Crippen LogP contribution in [-0.2, 0) is 20.9 Å². The number of amides is 3. The maximum Gasteiger partial charge on any atom is 0.308 e. The number of benzene rings is 3. The molecule has 2 N–H and O–H groups in total. The van der Waals surface area contributed by atoms with Gasteiger partial charge in [-0.25, -0.2) is 9.29 Å². The molecule has 2 unspecified atom stereocenters. The molecule has 3 heterocycles. The van der Waals surface area contributed by atoms with Crippen LogP contribution in [0.25, 0.3) is 0 Å². The van der Waals surface area contributed by atoms with E-state index >= 15 is 0 Å². The van der Waals surface area contributed by atoms with Gasteiger partial charge in [0.2, 0.25) is 17.7 Å². The van der Waals surface area contributed by atoms with Crippen LogP contribution in [0.2, 0.25) is 0 Å². The largest absolute Gasteiger partial charge is 0.508 e. The number of phenols is 1. The number of rotatable bonds is 6. The third-order valence-electron chi connectivity index (χ3n) is 7.05. The van der Waals surface area contributed by atoms with Gasteiger partial charge in [-0.1, -0.05) is 35.2 Å². The summed E-state index contributed by atoms with van der Waals surface area (Å²) < 4.78 is 14.5. The van der Waals surface area contributed by atoms with Crippen LogP contribution in [0.5, 0.6) is 5.75 Å². The molecule has 42 heavy (non-hydrogen) atoms. The number of imide groups is 1. The first-order chi connectivity index (χ1) is 20.1. The van der Waals surface area contributed by atoms with Crippen molar-refractivity contribution >= 4 is 57.9 Å². The smallest absolute Gasteiger partial charge is 0.308 e. The molecule has 14 heteroatoms. The number of halogens is 1. The van der Waals surface area contributed by atoms with Gasteiger partial charge in [-0.2, -0.15) is 0 Å². The van der Waals surface area contributed by atoms with Crippen LogP contribution >= 0.6 is 23.1 Å². The molecule has 0 bridgehead atoms. The number of anilines is 2. The number of fused-ring (bicyclic) bond motifs is 2. The fraction of sp³-hybridized carbons (Fsp3) is 0.143. The number of thiazole rings is 1. The first kappa shape index (κ1) is 27.4. The number of nitro groups is 1. The van der Waals surface area contributed by atoms with Crippen molar-refractivity contribution in [2.45, 2.75) is 22.7 Å². The van der Waals surface area contributed by atoms with Gasteiger partial charge in [0.05, 0.1) is 21.6 Å². The van der Waals surface area contributed by atoms with Crippen LogP contribution in [0.15, 0.2) is 82.6 Å². The highest BCUT2D eigenvalue weighted by atomic mass is 32.2. The van der Waals surface area contributed by atoms with Crippen molar-refractivity contribution < 1.29 is 28.8 Å². The van der Waals surface area contributed by atoms with Gasteiger partial charge >= 0.3 is 4.87 Å². The van der Waals surface area contributed by atoms with E-state index in [-0.39, 0.29) is 23.7 Å². The molecular weight excluding hydrogens is 587 g/mol. The minimum atomic E-state index is -0.959. The van der Waals surface area contributed by atoms with E-state index in [0.29, 0.717) is 21.2 Å². The number of thioether (sulfide) groups is 1. The number of non-ortho nitro benzene ring substituents is 1. The van der Waals surface area contributed by atoms with Gasteiger partial charge in [0.1, 0.15) is 23.4 Å². The normalized spacial score (nSPS) is 19.4. The summed E-state index contributed by atoms with van der Waals surface area (Å²) in [5.74, 6) is -3.78. The second-order valence-corrected chi connectivity index (χ2v) is 11.7. The molecule has 2 aliphatic rings. The SMILES string of the molecule is O=C(Cn1c2c(sc1=O)[C@@H](c1ccc(O)cc1)C1C(=O)N(c3ccc([N+](=O)[O-])cc3)C(=O)C1S2)Nc1ccc(F)cc1. The van der Waals surface area contributed by atoms with E-state index < -0.39 is 50.4 Å². The van der Waals surface area contributed by atoms with E-state index in [4.69, 9.17) is 0 Å². The highest BCUT2D eigenvalue weighted by Crippen LogP contribution is 2.54. The molecule has 3 amide bonds. The number of nitrogens with one attached hydrogen (secondary N) is 1. The van der Waals surface area contributed by atoms with Crippen molar-refractivity contribution in [1.82, 2.24) is 4.57 Å². The van der Waals surface area contributed by atoms with E-state index in [1.807, 2.05) is 0 Å². The van der Waals surface area contributed by atoms with Crippen molar-refractivity contribution in [1.29, 1.82) is 0 Å². The summed E-state index contributed by atoms with van der Waals surface area (Å²) in [7, 11) is 0. The summed E-state index contributed by atoms with van der Waals surface area (Å²) >= 11 is 1.89. The molecule has 0 spiro atoms. The second kappa shape index (κ2) is 10.5. The molecule has 0 radical (unpaired) electrons. The quantitative estimate of drug-likeness (QED) is 0.189. The average Bonchev–Trinajstić information content (AvgIpc) is 3.41. The summed E-state index contributed by atoms with van der Waals surface area (Å²) in [6.07, 6.45) is 0. The van der Waals surface area contributed by atoms with Gasteiger partial charge < -0.3 is 10.4 Å². The number of hydrogen-bond acceptors (Lipinski definition) is 9. The number of hydrogen-bond donors (Lipinski definition) is 2. The third-order valence-corrected chi connectivity index (χ3v) is 9.65. The predicted molar refractivity (Wildman–Crippen MR) is 152 cm³/mol. The average molecular weight is 607 g/mol. The molecule has 1 aromatic heterocycles. The Kier molecular flexibility index (Phi) is 6.86. The van der Waals surface area contributed by atoms with Crippen LogP contribution in [-0.4, -0.2) is 37.6 Å². The van der Waals surface area contributed by atoms with Gasteiger partial charge in [0.15, 0.2) is 0 Å². The predicted octanol–water partition coefficient (Wildman–Crippen LogP) is 4.10. The molecule has 3 atom stereocenters. The topological polar surface area (TPSA) is 152 Å². The Hall–Kier alpha value is -4.82. The standard InChI is InChI=1S/C28H19FN4O7S2/c29-15-3-5-16(6-4-15)30-20(35)13-31-27-24(42-28(31)38)21(14-1-11-19(34)12-2-14)22-23(41-27)26(37)32(25(22)36)17-7-9-18(10-8-17)33(39)40/h1-12,21-23,34H,13H2,(H,30,35)/t21-,22?,23?/m0/s1. The maximum absolute atomic E-state index is 13.9. The lowest BCUT2D eigenvalue weighted by molar-refractivity contribution is -0.384. The van der Waals surface area contributed by atoms with E-state index in [1.54, 1.807) is 12.1 Å². The zero-order valence-electron chi connectivity index (χ0n) is 21.3. The molecule has 2 aliphatic heterocycles. The van der Waals surface area contributed by atoms with Crippen LogP contribution in [0.4, 0.5) is 21.5 Å². The zero-order chi connectivity index (χ0) is 29.7. The van der Waals surface area contributed by atoms with Gasteiger partial charge in [-0.3, -0.25) is 33.9 Å². The number of aromatic nitrogens is 1.